The van der Waals surface area contributed by atoms with E-state index in [1.165, 1.54) is 12.3 Å². The molecule has 1 aliphatic rings. The molecule has 19 heavy (non-hydrogen) atoms. The molecule has 0 saturated heterocycles. The van der Waals surface area contributed by atoms with Gasteiger partial charge in [0.15, 0.2) is 5.78 Å². The zero-order valence-corrected chi connectivity index (χ0v) is 11.1. The van der Waals surface area contributed by atoms with Crippen molar-refractivity contribution in [3.05, 3.63) is 28.5 Å². The fraction of sp³-hybridized carbons (Fsp3) is 0.385. The van der Waals surface area contributed by atoms with Crippen molar-refractivity contribution < 1.29 is 19.1 Å². The first-order chi connectivity index (χ1) is 9.04. The minimum absolute atomic E-state index is 0.109. The van der Waals surface area contributed by atoms with Crippen LogP contribution in [0, 0.1) is 5.92 Å². The van der Waals surface area contributed by atoms with Gasteiger partial charge in [0, 0.05) is 11.8 Å². The van der Waals surface area contributed by atoms with Crippen LogP contribution in [0.1, 0.15) is 29.3 Å². The molecule has 1 aliphatic carbocycles. The van der Waals surface area contributed by atoms with E-state index in [1.54, 1.807) is 6.92 Å². The second-order valence-electron chi connectivity index (χ2n) is 4.20. The first-order valence-corrected chi connectivity index (χ1v) is 6.32. The number of nitrogens with zero attached hydrogens (tertiary/aromatic N) is 1. The van der Waals surface area contributed by atoms with Gasteiger partial charge < -0.3 is 4.74 Å². The molecule has 1 aromatic rings. The van der Waals surface area contributed by atoms with E-state index in [9.17, 15) is 14.4 Å². The number of ether oxygens (including phenoxy) is 1. The fourth-order valence-corrected chi connectivity index (χ4v) is 2.26. The molecule has 0 bridgehead atoms. The minimum atomic E-state index is -0.968. The zero-order chi connectivity index (χ0) is 14.0. The Morgan fingerprint density at radius 3 is 2.95 bits per heavy atom. The Morgan fingerprint density at radius 1 is 1.53 bits per heavy atom. The molecule has 0 radical (unpaired) electrons. The maximum atomic E-state index is 12.2. The van der Waals surface area contributed by atoms with Gasteiger partial charge in [-0.05, 0) is 31.4 Å². The molecule has 0 N–H and O–H groups in total. The average Bonchev–Trinajstić information content (AvgIpc) is 2.39. The van der Waals surface area contributed by atoms with E-state index in [1.807, 2.05) is 0 Å². The smallest absolute Gasteiger partial charge is 0.375 e. The molecule has 0 aliphatic heterocycles. The van der Waals surface area contributed by atoms with Gasteiger partial charge in [-0.1, -0.05) is 11.6 Å². The van der Waals surface area contributed by atoms with Crippen molar-refractivity contribution in [2.24, 2.45) is 5.92 Å². The summed E-state index contributed by atoms with van der Waals surface area (Å²) in [5.74, 6) is -3.09. The lowest BCUT2D eigenvalue weighted by Gasteiger charge is -2.21. The molecule has 0 amide bonds. The van der Waals surface area contributed by atoms with Gasteiger partial charge in [0.2, 0.25) is 0 Å². The third kappa shape index (κ3) is 2.66. The molecule has 1 atom stereocenters. The van der Waals surface area contributed by atoms with Gasteiger partial charge in [0.1, 0.15) is 5.15 Å². The number of aryl methyl sites for hydroxylation is 1. The lowest BCUT2D eigenvalue weighted by Crippen LogP contribution is -2.35. The molecule has 100 valence electrons. The fourth-order valence-electron chi connectivity index (χ4n) is 2.10. The third-order valence-corrected chi connectivity index (χ3v) is 3.24. The standard InChI is InChI=1S/C13H12ClNO4/c1-2-19-13(18)12(17)8-4-3-7-6-15-10(14)5-9(7)11(8)16/h5-6,8H,2-4H2,1H3. The predicted molar refractivity (Wildman–Crippen MR) is 67.0 cm³/mol. The van der Waals surface area contributed by atoms with Crippen LogP contribution in [0.25, 0.3) is 0 Å². The molecule has 5 nitrogen and oxygen atoms in total. The Labute approximate surface area is 114 Å². The molecule has 1 aromatic heterocycles. The van der Waals surface area contributed by atoms with Crippen LogP contribution in [-0.2, 0) is 20.7 Å². The number of hydrogen-bond acceptors (Lipinski definition) is 5. The van der Waals surface area contributed by atoms with Crippen molar-refractivity contribution in [1.82, 2.24) is 4.98 Å². The van der Waals surface area contributed by atoms with E-state index in [2.05, 4.69) is 9.72 Å². The maximum absolute atomic E-state index is 12.2. The minimum Gasteiger partial charge on any atom is -0.460 e. The molecular weight excluding hydrogens is 270 g/mol. The van der Waals surface area contributed by atoms with Crippen LogP contribution >= 0.6 is 11.6 Å². The Kier molecular flexibility index (Phi) is 3.95. The summed E-state index contributed by atoms with van der Waals surface area (Å²) in [6.07, 6.45) is 2.34. The highest BCUT2D eigenvalue weighted by Crippen LogP contribution is 2.27. The van der Waals surface area contributed by atoms with Gasteiger partial charge in [-0.15, -0.1) is 0 Å². The summed E-state index contributed by atoms with van der Waals surface area (Å²) in [5.41, 5.74) is 1.12. The van der Waals surface area contributed by atoms with Gasteiger partial charge in [0.25, 0.3) is 5.78 Å². The van der Waals surface area contributed by atoms with Crippen molar-refractivity contribution in [2.45, 2.75) is 19.8 Å². The van der Waals surface area contributed by atoms with Gasteiger partial charge in [-0.25, -0.2) is 9.78 Å². The van der Waals surface area contributed by atoms with Crippen LogP contribution in [0.15, 0.2) is 12.3 Å². The molecule has 0 fully saturated rings. The highest BCUT2D eigenvalue weighted by molar-refractivity contribution is 6.39. The monoisotopic (exact) mass is 281 g/mol. The van der Waals surface area contributed by atoms with Gasteiger partial charge in [-0.3, -0.25) is 9.59 Å². The summed E-state index contributed by atoms with van der Waals surface area (Å²) in [7, 11) is 0. The quantitative estimate of drug-likeness (QED) is 0.364. The lowest BCUT2D eigenvalue weighted by molar-refractivity contribution is -0.154. The molecule has 0 spiro atoms. The number of aromatic nitrogens is 1. The molecule has 1 unspecified atom stereocenters. The summed E-state index contributed by atoms with van der Waals surface area (Å²) in [5, 5.41) is 0.191. The van der Waals surface area contributed by atoms with E-state index in [-0.39, 0.29) is 17.5 Å². The number of hydrogen-bond donors (Lipinski definition) is 0. The SMILES string of the molecule is CCOC(=O)C(=O)C1CCc2cnc(Cl)cc2C1=O. The van der Waals surface area contributed by atoms with Crippen LogP contribution < -0.4 is 0 Å². The van der Waals surface area contributed by atoms with Crippen molar-refractivity contribution >= 4 is 29.1 Å². The Balaban J connectivity index is 2.26. The highest BCUT2D eigenvalue weighted by atomic mass is 35.5. The highest BCUT2D eigenvalue weighted by Gasteiger charge is 2.37. The molecule has 0 aromatic carbocycles. The maximum Gasteiger partial charge on any atom is 0.375 e. The van der Waals surface area contributed by atoms with Crippen LogP contribution in [0.4, 0.5) is 0 Å². The summed E-state index contributed by atoms with van der Waals surface area (Å²) < 4.78 is 4.64. The van der Waals surface area contributed by atoms with Crippen LogP contribution in [0.5, 0.6) is 0 Å². The van der Waals surface area contributed by atoms with Crippen LogP contribution in [0.3, 0.4) is 0 Å². The number of rotatable bonds is 3. The van der Waals surface area contributed by atoms with Crippen molar-refractivity contribution in [2.75, 3.05) is 6.61 Å². The Hall–Kier alpha value is -1.75. The first kappa shape index (κ1) is 13.7. The summed E-state index contributed by atoms with van der Waals surface area (Å²) in [4.78, 5) is 39.4. The van der Waals surface area contributed by atoms with Gasteiger partial charge >= 0.3 is 5.97 Å². The third-order valence-electron chi connectivity index (χ3n) is 3.03. The van der Waals surface area contributed by atoms with E-state index in [0.29, 0.717) is 18.4 Å². The Morgan fingerprint density at radius 2 is 2.26 bits per heavy atom. The van der Waals surface area contributed by atoms with Crippen LogP contribution in [-0.4, -0.2) is 29.1 Å². The second-order valence-corrected chi connectivity index (χ2v) is 4.59. The molecule has 2 rings (SSSR count). The number of carbonyl (C=O) groups is 3. The normalized spacial score (nSPS) is 17.8. The lowest BCUT2D eigenvalue weighted by atomic mass is 9.81. The first-order valence-electron chi connectivity index (χ1n) is 5.94. The van der Waals surface area contributed by atoms with Crippen molar-refractivity contribution in [3.63, 3.8) is 0 Å². The average molecular weight is 282 g/mol. The van der Waals surface area contributed by atoms with Gasteiger partial charge in [-0.2, -0.15) is 0 Å². The van der Waals surface area contributed by atoms with E-state index >= 15 is 0 Å². The number of halogens is 1. The Bertz CT molecular complexity index is 556. The van der Waals surface area contributed by atoms with E-state index in [4.69, 9.17) is 11.6 Å². The predicted octanol–water partition coefficient (Wildman–Crippen LogP) is 1.61. The largest absolute Gasteiger partial charge is 0.460 e. The number of esters is 1. The van der Waals surface area contributed by atoms with E-state index < -0.39 is 17.7 Å². The number of pyridine rings is 1. The topological polar surface area (TPSA) is 73.3 Å². The molecular formula is C13H12ClNO4. The summed E-state index contributed by atoms with van der Waals surface area (Å²) in [6.45, 7) is 1.71. The van der Waals surface area contributed by atoms with Gasteiger partial charge in [0.05, 0.1) is 12.5 Å². The van der Waals surface area contributed by atoms with Crippen molar-refractivity contribution in [3.8, 4) is 0 Å². The van der Waals surface area contributed by atoms with Crippen molar-refractivity contribution in [1.29, 1.82) is 0 Å². The van der Waals surface area contributed by atoms with Crippen LogP contribution in [0.2, 0.25) is 5.15 Å². The molecule has 6 heteroatoms. The molecule has 0 saturated carbocycles. The number of Topliss-reactive ketones (excluding diaryl/α,β-unsaturated/α-hetero) is 2. The number of ketones is 2. The summed E-state index contributed by atoms with van der Waals surface area (Å²) >= 11 is 5.74. The number of carbonyl (C=O) groups excluding carboxylic acids is 3. The second kappa shape index (κ2) is 5.48. The number of fused-ring (bicyclic) bond motifs is 1. The zero-order valence-electron chi connectivity index (χ0n) is 10.3. The summed E-state index contributed by atoms with van der Waals surface area (Å²) in [6, 6.07) is 1.43. The molecule has 1 heterocycles. The van der Waals surface area contributed by atoms with E-state index in [0.717, 1.165) is 5.56 Å².